The van der Waals surface area contributed by atoms with Crippen molar-refractivity contribution in [1.29, 1.82) is 0 Å². The molecule has 1 saturated heterocycles. The van der Waals surface area contributed by atoms with E-state index in [0.717, 1.165) is 5.69 Å². The minimum atomic E-state index is -1.13. The van der Waals surface area contributed by atoms with Crippen molar-refractivity contribution in [3.63, 3.8) is 0 Å². The molecule has 1 aliphatic heterocycles. The number of nitrogens with one attached hydrogen (secondary N) is 1. The SMILES string of the molecule is O=C(O)c1[nH]c2cc(Cl)cc(Cl)c2c1C=C1CCN(c2ccccc2)C1=O.[H-].[Na+]. The third-order valence-corrected chi connectivity index (χ3v) is 5.09. The number of rotatable bonds is 3. The van der Waals surface area contributed by atoms with Crippen molar-refractivity contribution in [1.82, 2.24) is 4.98 Å². The zero-order chi connectivity index (χ0) is 19.1. The van der Waals surface area contributed by atoms with Crippen LogP contribution in [0.4, 0.5) is 5.69 Å². The van der Waals surface area contributed by atoms with E-state index in [1.54, 1.807) is 23.1 Å². The van der Waals surface area contributed by atoms with E-state index in [2.05, 4.69) is 4.98 Å². The second-order valence-corrected chi connectivity index (χ2v) is 7.08. The van der Waals surface area contributed by atoms with Gasteiger partial charge in [-0.05, 0) is 36.8 Å². The number of anilines is 1. The normalized spacial score (nSPS) is 15.3. The number of carbonyl (C=O) groups is 2. The Bertz CT molecular complexity index is 1120. The molecule has 1 fully saturated rings. The van der Waals surface area contributed by atoms with Gasteiger partial charge in [0, 0.05) is 39.3 Å². The fraction of sp³-hybridized carbons (Fsp3) is 0.100. The molecule has 0 radical (unpaired) electrons. The predicted molar refractivity (Wildman–Crippen MR) is 108 cm³/mol. The Balaban J connectivity index is 0.00000150. The Morgan fingerprint density at radius 3 is 2.61 bits per heavy atom. The standard InChI is InChI=1S/C20H14Cl2N2O3.Na.H/c21-12-9-15(22)17-14(18(20(26)27)23-16(17)10-12)8-11-6-7-24(19(11)25)13-4-2-1-3-5-13;;/h1-5,8-10,23H,6-7H2,(H,26,27);;/q;+1;-1. The zero-order valence-corrected chi connectivity index (χ0v) is 18.5. The van der Waals surface area contributed by atoms with Crippen LogP contribution in [0.5, 0.6) is 0 Å². The van der Waals surface area contributed by atoms with E-state index in [4.69, 9.17) is 23.2 Å². The van der Waals surface area contributed by atoms with Gasteiger partial charge in [0.05, 0.1) is 5.02 Å². The second kappa shape index (κ2) is 8.31. The number of carboxylic acids is 1. The third-order valence-electron chi connectivity index (χ3n) is 4.58. The van der Waals surface area contributed by atoms with Gasteiger partial charge in [-0.25, -0.2) is 4.79 Å². The number of aromatic carboxylic acids is 1. The van der Waals surface area contributed by atoms with Crippen LogP contribution in [0.15, 0.2) is 48.0 Å². The van der Waals surface area contributed by atoms with Gasteiger partial charge in [0.15, 0.2) is 0 Å². The van der Waals surface area contributed by atoms with Crippen LogP contribution >= 0.6 is 23.2 Å². The van der Waals surface area contributed by atoms with Crippen LogP contribution in [-0.4, -0.2) is 28.5 Å². The van der Waals surface area contributed by atoms with Crippen molar-refractivity contribution in [2.75, 3.05) is 11.4 Å². The van der Waals surface area contributed by atoms with Crippen molar-refractivity contribution >= 4 is 57.7 Å². The van der Waals surface area contributed by atoms with Gasteiger partial charge in [-0.1, -0.05) is 41.4 Å². The number of hydrogen-bond acceptors (Lipinski definition) is 2. The maximum absolute atomic E-state index is 12.8. The first-order valence-electron chi connectivity index (χ1n) is 8.27. The van der Waals surface area contributed by atoms with Crippen molar-refractivity contribution < 1.29 is 45.7 Å². The molecule has 0 spiro atoms. The number of aromatic amines is 1. The summed E-state index contributed by atoms with van der Waals surface area (Å²) < 4.78 is 0. The molecule has 1 aliphatic rings. The van der Waals surface area contributed by atoms with Gasteiger partial charge in [-0.3, -0.25) is 4.79 Å². The average Bonchev–Trinajstić information content (AvgIpc) is 3.17. The largest absolute Gasteiger partial charge is 1.00 e. The summed E-state index contributed by atoms with van der Waals surface area (Å²) in [6.45, 7) is 0.541. The van der Waals surface area contributed by atoms with Crippen LogP contribution < -0.4 is 34.5 Å². The Hall–Kier alpha value is -1.76. The molecule has 3 aromatic rings. The van der Waals surface area contributed by atoms with Gasteiger partial charge >= 0.3 is 35.5 Å². The van der Waals surface area contributed by atoms with Crippen LogP contribution in [0.25, 0.3) is 17.0 Å². The molecule has 5 nitrogen and oxygen atoms in total. The number of carbonyl (C=O) groups excluding carboxylic acids is 1. The van der Waals surface area contributed by atoms with Crippen LogP contribution in [0.3, 0.4) is 0 Å². The van der Waals surface area contributed by atoms with Gasteiger partial charge in [0.25, 0.3) is 5.91 Å². The Morgan fingerprint density at radius 1 is 1.21 bits per heavy atom. The van der Waals surface area contributed by atoms with Crippen LogP contribution in [0.2, 0.25) is 10.0 Å². The zero-order valence-electron chi connectivity index (χ0n) is 16.0. The third kappa shape index (κ3) is 3.73. The minimum absolute atomic E-state index is 0. The summed E-state index contributed by atoms with van der Waals surface area (Å²) >= 11 is 12.3. The van der Waals surface area contributed by atoms with Crippen LogP contribution in [-0.2, 0) is 4.79 Å². The Morgan fingerprint density at radius 2 is 1.93 bits per heavy atom. The molecule has 0 aliphatic carbocycles. The predicted octanol–water partition coefficient (Wildman–Crippen LogP) is 2.11. The number of para-hydroxylation sites is 1. The minimum Gasteiger partial charge on any atom is -1.00 e. The summed E-state index contributed by atoms with van der Waals surface area (Å²) in [6, 6.07) is 12.5. The summed E-state index contributed by atoms with van der Waals surface area (Å²) in [7, 11) is 0. The first kappa shape index (κ1) is 21.0. The molecule has 0 atom stereocenters. The number of halogens is 2. The molecule has 138 valence electrons. The Kier molecular flexibility index (Phi) is 6.22. The van der Waals surface area contributed by atoms with E-state index in [-0.39, 0.29) is 42.6 Å². The fourth-order valence-electron chi connectivity index (χ4n) is 3.36. The summed E-state index contributed by atoms with van der Waals surface area (Å²) in [5.41, 5.74) is 2.23. The Labute approximate surface area is 194 Å². The molecule has 2 N–H and O–H groups in total. The second-order valence-electron chi connectivity index (χ2n) is 6.24. The van der Waals surface area contributed by atoms with Crippen molar-refractivity contribution in [3.05, 3.63) is 69.3 Å². The summed E-state index contributed by atoms with van der Waals surface area (Å²) in [5, 5.41) is 10.8. The first-order chi connectivity index (χ1) is 13.0. The van der Waals surface area contributed by atoms with E-state index >= 15 is 0 Å². The maximum atomic E-state index is 12.8. The molecule has 2 aromatic carbocycles. The van der Waals surface area contributed by atoms with E-state index < -0.39 is 5.97 Å². The molecule has 2 heterocycles. The van der Waals surface area contributed by atoms with Gasteiger partial charge in [-0.15, -0.1) is 0 Å². The number of H-pyrrole nitrogens is 1. The van der Waals surface area contributed by atoms with Gasteiger partial charge < -0.3 is 16.4 Å². The number of hydrogen-bond donors (Lipinski definition) is 2. The van der Waals surface area contributed by atoms with Crippen LogP contribution in [0.1, 0.15) is 23.9 Å². The molecule has 4 rings (SSSR count). The van der Waals surface area contributed by atoms with Gasteiger partial charge in [0.1, 0.15) is 5.69 Å². The fourth-order valence-corrected chi connectivity index (χ4v) is 3.96. The number of fused-ring (bicyclic) bond motifs is 1. The molecule has 8 heteroatoms. The van der Waals surface area contributed by atoms with Gasteiger partial charge in [0.2, 0.25) is 0 Å². The average molecular weight is 425 g/mol. The molecular weight excluding hydrogens is 410 g/mol. The topological polar surface area (TPSA) is 73.4 Å². The van der Waals surface area contributed by atoms with Crippen molar-refractivity contribution in [3.8, 4) is 0 Å². The number of nitrogens with zero attached hydrogens (tertiary/aromatic N) is 1. The number of carboxylic acid groups (broad SMARTS) is 1. The van der Waals surface area contributed by atoms with Crippen LogP contribution in [0, 0.1) is 0 Å². The smallest absolute Gasteiger partial charge is 1.00 e. The quantitative estimate of drug-likeness (QED) is 0.499. The molecule has 1 aromatic heterocycles. The summed E-state index contributed by atoms with van der Waals surface area (Å²) in [4.78, 5) is 29.1. The first-order valence-corrected chi connectivity index (χ1v) is 9.03. The molecular formula is C20H15Cl2N2NaO3. The molecule has 0 bridgehead atoms. The van der Waals surface area contributed by atoms with Crippen molar-refractivity contribution in [2.45, 2.75) is 6.42 Å². The number of benzene rings is 2. The molecule has 1 amide bonds. The molecule has 28 heavy (non-hydrogen) atoms. The monoisotopic (exact) mass is 424 g/mol. The van der Waals surface area contributed by atoms with Crippen molar-refractivity contribution in [2.24, 2.45) is 0 Å². The number of amides is 1. The maximum Gasteiger partial charge on any atom is 1.00 e. The van der Waals surface area contributed by atoms with Gasteiger partial charge in [-0.2, -0.15) is 0 Å². The summed E-state index contributed by atoms with van der Waals surface area (Å²) in [5.74, 6) is -1.27. The summed E-state index contributed by atoms with van der Waals surface area (Å²) in [6.07, 6.45) is 2.14. The van der Waals surface area contributed by atoms with E-state index in [1.165, 1.54) is 0 Å². The van der Waals surface area contributed by atoms with E-state index in [0.29, 0.717) is 45.1 Å². The molecule has 0 unspecified atom stereocenters. The number of aromatic nitrogens is 1. The van der Waals surface area contributed by atoms with E-state index in [1.807, 2.05) is 30.3 Å². The van der Waals surface area contributed by atoms with E-state index in [9.17, 15) is 14.7 Å². The molecule has 0 saturated carbocycles.